The first-order chi connectivity index (χ1) is 12.0. The van der Waals surface area contributed by atoms with Gasteiger partial charge in [0.2, 0.25) is 0 Å². The summed E-state index contributed by atoms with van der Waals surface area (Å²) in [7, 11) is 0. The van der Waals surface area contributed by atoms with Gasteiger partial charge in [0.1, 0.15) is 0 Å². The van der Waals surface area contributed by atoms with Gasteiger partial charge in [-0.05, 0) is 35.5 Å². The molecule has 0 bridgehead atoms. The summed E-state index contributed by atoms with van der Waals surface area (Å²) in [6.07, 6.45) is 1.37. The van der Waals surface area contributed by atoms with Crippen LogP contribution >= 0.6 is 23.4 Å². The van der Waals surface area contributed by atoms with Crippen molar-refractivity contribution in [3.8, 4) is 0 Å². The third-order valence-electron chi connectivity index (χ3n) is 3.58. The fourth-order valence-corrected chi connectivity index (χ4v) is 3.38. The molecule has 1 saturated heterocycles. The minimum Gasteiger partial charge on any atom is -0.268 e. The summed E-state index contributed by atoms with van der Waals surface area (Å²) in [5.74, 6) is -0.493. The number of carbonyl (C=O) groups excluding carboxylic acids is 2. The molecule has 3 rings (SSSR count). The van der Waals surface area contributed by atoms with Crippen molar-refractivity contribution >= 4 is 46.3 Å². The Bertz CT molecular complexity index is 913. The van der Waals surface area contributed by atoms with Crippen molar-refractivity contribution in [2.24, 2.45) is 0 Å². The number of carbonyl (C=O) groups is 2. The van der Waals surface area contributed by atoms with Crippen LogP contribution in [0.1, 0.15) is 11.1 Å². The van der Waals surface area contributed by atoms with E-state index < -0.39 is 16.1 Å². The third-order valence-corrected chi connectivity index (χ3v) is 4.86. The second-order valence-electron chi connectivity index (χ2n) is 5.18. The third kappa shape index (κ3) is 3.57. The van der Waals surface area contributed by atoms with Crippen molar-refractivity contribution in [1.29, 1.82) is 0 Å². The van der Waals surface area contributed by atoms with Gasteiger partial charge in [-0.2, -0.15) is 0 Å². The standard InChI is InChI=1S/C17H11ClN2O4S/c18-13-7-3-1-6-12(13)10-19-16(21)15(25-17(19)22)9-11-5-2-4-8-14(11)20(23)24/h1-9H,10H2/b15-9+. The average molecular weight is 375 g/mol. The van der Waals surface area contributed by atoms with E-state index >= 15 is 0 Å². The molecule has 0 N–H and O–H groups in total. The van der Waals surface area contributed by atoms with E-state index in [-0.39, 0.29) is 22.7 Å². The maximum atomic E-state index is 12.5. The fraction of sp³-hybridized carbons (Fsp3) is 0.0588. The summed E-state index contributed by atoms with van der Waals surface area (Å²) < 4.78 is 0. The van der Waals surface area contributed by atoms with Gasteiger partial charge in [0.05, 0.1) is 21.9 Å². The van der Waals surface area contributed by atoms with Crippen molar-refractivity contribution in [3.63, 3.8) is 0 Å². The Morgan fingerprint density at radius 3 is 2.52 bits per heavy atom. The molecule has 25 heavy (non-hydrogen) atoms. The van der Waals surface area contributed by atoms with E-state index in [2.05, 4.69) is 0 Å². The van der Waals surface area contributed by atoms with E-state index in [1.807, 2.05) is 0 Å². The van der Waals surface area contributed by atoms with Gasteiger partial charge in [-0.1, -0.05) is 41.9 Å². The second kappa shape index (κ2) is 7.08. The highest BCUT2D eigenvalue weighted by Crippen LogP contribution is 2.35. The first-order valence-corrected chi connectivity index (χ1v) is 8.39. The molecule has 1 aliphatic heterocycles. The number of nitro benzene ring substituents is 1. The Morgan fingerprint density at radius 2 is 1.80 bits per heavy atom. The van der Waals surface area contributed by atoms with E-state index in [9.17, 15) is 19.7 Å². The topological polar surface area (TPSA) is 80.5 Å². The van der Waals surface area contributed by atoms with E-state index in [4.69, 9.17) is 11.6 Å². The maximum absolute atomic E-state index is 12.5. The lowest BCUT2D eigenvalue weighted by atomic mass is 10.1. The zero-order valence-electron chi connectivity index (χ0n) is 12.7. The number of thioether (sulfide) groups is 1. The smallest absolute Gasteiger partial charge is 0.268 e. The van der Waals surface area contributed by atoms with Gasteiger partial charge in [-0.25, -0.2) is 0 Å². The lowest BCUT2D eigenvalue weighted by Crippen LogP contribution is -2.27. The lowest BCUT2D eigenvalue weighted by Gasteiger charge is -2.13. The summed E-state index contributed by atoms with van der Waals surface area (Å²) in [5.41, 5.74) is 0.801. The van der Waals surface area contributed by atoms with Crippen molar-refractivity contribution in [1.82, 2.24) is 4.90 Å². The quantitative estimate of drug-likeness (QED) is 0.447. The van der Waals surface area contributed by atoms with E-state index in [1.54, 1.807) is 36.4 Å². The monoisotopic (exact) mass is 374 g/mol. The van der Waals surface area contributed by atoms with Crippen LogP contribution in [0.2, 0.25) is 5.02 Å². The Balaban J connectivity index is 1.89. The molecule has 0 aliphatic carbocycles. The lowest BCUT2D eigenvalue weighted by molar-refractivity contribution is -0.385. The number of rotatable bonds is 4. The number of amides is 2. The fourth-order valence-electron chi connectivity index (χ4n) is 2.35. The molecule has 1 aliphatic rings. The number of para-hydroxylation sites is 1. The predicted molar refractivity (Wildman–Crippen MR) is 96.1 cm³/mol. The summed E-state index contributed by atoms with van der Waals surface area (Å²) in [5, 5.41) is 11.1. The molecule has 0 radical (unpaired) electrons. The summed E-state index contributed by atoms with van der Waals surface area (Å²) in [6, 6.07) is 13.0. The van der Waals surface area contributed by atoms with Crippen molar-refractivity contribution in [2.75, 3.05) is 0 Å². The average Bonchev–Trinajstić information content (AvgIpc) is 2.84. The van der Waals surface area contributed by atoms with Crippen LogP contribution < -0.4 is 0 Å². The van der Waals surface area contributed by atoms with Crippen LogP contribution in [0.5, 0.6) is 0 Å². The van der Waals surface area contributed by atoms with Gasteiger partial charge in [0.15, 0.2) is 0 Å². The van der Waals surface area contributed by atoms with Gasteiger partial charge in [-0.3, -0.25) is 24.6 Å². The molecule has 2 aromatic rings. The Labute approximate surface area is 152 Å². The molecule has 126 valence electrons. The Morgan fingerprint density at radius 1 is 1.12 bits per heavy atom. The number of benzene rings is 2. The normalized spacial score (nSPS) is 15.9. The maximum Gasteiger partial charge on any atom is 0.293 e. The van der Waals surface area contributed by atoms with Crippen LogP contribution in [0.15, 0.2) is 53.4 Å². The van der Waals surface area contributed by atoms with E-state index in [0.29, 0.717) is 10.6 Å². The van der Waals surface area contributed by atoms with Crippen molar-refractivity contribution in [3.05, 3.63) is 79.7 Å². The van der Waals surface area contributed by atoms with E-state index in [1.165, 1.54) is 18.2 Å². The zero-order valence-corrected chi connectivity index (χ0v) is 14.3. The first kappa shape index (κ1) is 17.2. The summed E-state index contributed by atoms with van der Waals surface area (Å²) in [4.78, 5) is 36.5. The molecule has 0 unspecified atom stereocenters. The molecular weight excluding hydrogens is 364 g/mol. The molecule has 2 aromatic carbocycles. The van der Waals surface area contributed by atoms with Gasteiger partial charge >= 0.3 is 0 Å². The van der Waals surface area contributed by atoms with Gasteiger partial charge in [0, 0.05) is 11.1 Å². The second-order valence-corrected chi connectivity index (χ2v) is 6.58. The van der Waals surface area contributed by atoms with Crippen LogP contribution in [0.25, 0.3) is 6.08 Å². The summed E-state index contributed by atoms with van der Waals surface area (Å²) >= 11 is 6.83. The number of hydrogen-bond acceptors (Lipinski definition) is 5. The van der Waals surface area contributed by atoms with Crippen molar-refractivity contribution < 1.29 is 14.5 Å². The number of imide groups is 1. The Hall–Kier alpha value is -2.64. The number of nitrogens with zero attached hydrogens (tertiary/aromatic N) is 2. The SMILES string of the molecule is O=C1S/C(=C/c2ccccc2[N+](=O)[O-])C(=O)N1Cc1ccccc1Cl. The van der Waals surface area contributed by atoms with Crippen LogP contribution in [-0.2, 0) is 11.3 Å². The van der Waals surface area contributed by atoms with Crippen LogP contribution in [0.3, 0.4) is 0 Å². The van der Waals surface area contributed by atoms with Crippen molar-refractivity contribution in [2.45, 2.75) is 6.54 Å². The molecule has 8 heteroatoms. The number of hydrogen-bond donors (Lipinski definition) is 0. The molecule has 0 spiro atoms. The molecule has 0 saturated carbocycles. The Kier molecular flexibility index (Phi) is 4.87. The highest BCUT2D eigenvalue weighted by atomic mass is 35.5. The minimum absolute atomic E-state index is 0.0541. The highest BCUT2D eigenvalue weighted by molar-refractivity contribution is 8.18. The van der Waals surface area contributed by atoms with Crippen LogP contribution in [0, 0.1) is 10.1 Å². The molecule has 6 nitrogen and oxygen atoms in total. The summed E-state index contributed by atoms with van der Waals surface area (Å²) in [6.45, 7) is 0.0541. The minimum atomic E-state index is -0.528. The molecule has 1 fully saturated rings. The van der Waals surface area contributed by atoms with Gasteiger partial charge in [-0.15, -0.1) is 0 Å². The van der Waals surface area contributed by atoms with Gasteiger partial charge in [0.25, 0.3) is 16.8 Å². The molecule has 0 atom stereocenters. The first-order valence-electron chi connectivity index (χ1n) is 7.19. The van der Waals surface area contributed by atoms with Crippen LogP contribution in [0.4, 0.5) is 10.5 Å². The molecule has 0 aromatic heterocycles. The highest BCUT2D eigenvalue weighted by Gasteiger charge is 2.35. The van der Waals surface area contributed by atoms with Gasteiger partial charge < -0.3 is 0 Å². The molecule has 2 amide bonds. The van der Waals surface area contributed by atoms with Crippen LogP contribution in [-0.4, -0.2) is 21.0 Å². The van der Waals surface area contributed by atoms with E-state index in [0.717, 1.165) is 16.7 Å². The number of halogens is 1. The number of nitro groups is 1. The zero-order chi connectivity index (χ0) is 18.0. The molecular formula is C17H11ClN2O4S. The molecule has 1 heterocycles. The largest absolute Gasteiger partial charge is 0.293 e. The predicted octanol–water partition coefficient (Wildman–Crippen LogP) is 4.48.